The molecule has 0 atom stereocenters. The van der Waals surface area contributed by atoms with Crippen LogP contribution >= 0.6 is 0 Å². The van der Waals surface area contributed by atoms with Crippen LogP contribution in [0, 0.1) is 0 Å². The first-order chi connectivity index (χ1) is 3.80. The van der Waals surface area contributed by atoms with Crippen molar-refractivity contribution in [3.63, 3.8) is 0 Å². The summed E-state index contributed by atoms with van der Waals surface area (Å²) in [6.45, 7) is 4.24. The van der Waals surface area contributed by atoms with Gasteiger partial charge in [0.2, 0.25) is 0 Å². The van der Waals surface area contributed by atoms with Gasteiger partial charge in [0, 0.05) is 0 Å². The molecule has 1 nitrogen and oxygen atoms in total. The van der Waals surface area contributed by atoms with E-state index in [4.69, 9.17) is 0 Å². The molecule has 0 spiro atoms. The van der Waals surface area contributed by atoms with E-state index in [1.807, 2.05) is 6.20 Å². The van der Waals surface area contributed by atoms with Gasteiger partial charge >= 0.3 is 59.7 Å². The van der Waals surface area contributed by atoms with E-state index in [2.05, 4.69) is 23.3 Å². The first-order valence-electron chi connectivity index (χ1n) is 2.50. The Morgan fingerprint density at radius 1 is 1.50 bits per heavy atom. The predicted octanol–water partition coefficient (Wildman–Crippen LogP) is 1.03. The monoisotopic (exact) mass is 224 g/mol. The third-order valence-electron chi connectivity index (χ3n) is 1.08. The second-order valence-electron chi connectivity index (χ2n) is 1.67. The molecule has 1 aliphatic heterocycles. The first kappa shape index (κ1) is 6.19. The summed E-state index contributed by atoms with van der Waals surface area (Å²) in [5.74, 6) is 0. The van der Waals surface area contributed by atoms with Gasteiger partial charge in [-0.3, -0.25) is 0 Å². The van der Waals surface area contributed by atoms with Crippen molar-refractivity contribution in [2.24, 2.45) is 0 Å². The van der Waals surface area contributed by atoms with E-state index >= 15 is 0 Å². The summed E-state index contributed by atoms with van der Waals surface area (Å²) < 4.78 is 3.71. The fourth-order valence-corrected chi connectivity index (χ4v) is 2.02. The van der Waals surface area contributed by atoms with E-state index in [0.717, 1.165) is 0 Å². The molecule has 0 fully saturated rings. The molecule has 0 amide bonds. The molecule has 8 heavy (non-hydrogen) atoms. The summed E-state index contributed by atoms with van der Waals surface area (Å²) in [5, 5.41) is 4.14. The van der Waals surface area contributed by atoms with Gasteiger partial charge in [0.15, 0.2) is 0 Å². The van der Waals surface area contributed by atoms with Crippen molar-refractivity contribution < 1.29 is 0 Å². The number of hydrogen-bond acceptors (Lipinski definition) is 0. The zero-order chi connectivity index (χ0) is 5.98. The standard InChI is InChI=1S/C6H8NTe/c1-5-6(2)8-4-3-7-5/h3-4H,1-2H3. The van der Waals surface area contributed by atoms with Crippen molar-refractivity contribution >= 4 is 20.9 Å². The van der Waals surface area contributed by atoms with Crippen LogP contribution in [0.2, 0.25) is 0 Å². The molecule has 1 rings (SSSR count). The maximum absolute atomic E-state index is 4.14. The summed E-state index contributed by atoms with van der Waals surface area (Å²) in [4.78, 5) is 0. The predicted molar refractivity (Wildman–Crippen MR) is 35.4 cm³/mol. The summed E-state index contributed by atoms with van der Waals surface area (Å²) in [5.41, 5.74) is 1.23. The fourth-order valence-electron chi connectivity index (χ4n) is 0.451. The molecule has 1 aliphatic rings. The Morgan fingerprint density at radius 3 is 2.62 bits per heavy atom. The van der Waals surface area contributed by atoms with E-state index in [-0.39, 0.29) is 20.9 Å². The Kier molecular flexibility index (Phi) is 1.99. The van der Waals surface area contributed by atoms with Gasteiger partial charge in [-0.25, -0.2) is 0 Å². The molecule has 0 saturated carbocycles. The van der Waals surface area contributed by atoms with Crippen LogP contribution in [0.1, 0.15) is 13.8 Å². The van der Waals surface area contributed by atoms with Gasteiger partial charge < -0.3 is 0 Å². The van der Waals surface area contributed by atoms with Crippen molar-refractivity contribution in [2.75, 3.05) is 0 Å². The molecule has 1 heterocycles. The van der Waals surface area contributed by atoms with E-state index in [1.165, 1.54) is 9.32 Å². The Balaban J connectivity index is 2.67. The second kappa shape index (κ2) is 2.57. The van der Waals surface area contributed by atoms with Crippen molar-refractivity contribution in [1.29, 1.82) is 0 Å². The molecule has 2 heteroatoms. The van der Waals surface area contributed by atoms with Crippen LogP contribution in [0.5, 0.6) is 0 Å². The van der Waals surface area contributed by atoms with E-state index < -0.39 is 0 Å². The van der Waals surface area contributed by atoms with Crippen molar-refractivity contribution in [2.45, 2.75) is 13.8 Å². The van der Waals surface area contributed by atoms with Gasteiger partial charge in [-0.2, -0.15) is 0 Å². The third kappa shape index (κ3) is 1.27. The molecule has 1 radical (unpaired) electrons. The molecule has 0 aromatic heterocycles. The number of rotatable bonds is 0. The SMILES string of the molecule is CC1=C(C)[Te]C=C[N]1. The third-order valence-corrected chi connectivity index (χ3v) is 3.67. The Bertz CT molecular complexity index is 131. The summed E-state index contributed by atoms with van der Waals surface area (Å²) in [6.07, 6.45) is 1.92. The van der Waals surface area contributed by atoms with Crippen LogP contribution in [0.15, 0.2) is 19.6 Å². The summed E-state index contributed by atoms with van der Waals surface area (Å²) in [6, 6.07) is 0. The summed E-state index contributed by atoms with van der Waals surface area (Å²) >= 11 is 0.0604. The average Bonchev–Trinajstić information content (AvgIpc) is 1.77. The van der Waals surface area contributed by atoms with Crippen LogP contribution in [0.4, 0.5) is 0 Å². The van der Waals surface area contributed by atoms with Crippen LogP contribution < -0.4 is 5.32 Å². The zero-order valence-electron chi connectivity index (χ0n) is 5.01. The van der Waals surface area contributed by atoms with Crippen LogP contribution in [-0.4, -0.2) is 20.9 Å². The molecule has 0 saturated heterocycles. The van der Waals surface area contributed by atoms with Gasteiger partial charge in [-0.1, -0.05) is 0 Å². The minimum absolute atomic E-state index is 0.0604. The minimum atomic E-state index is 0.0604. The maximum atomic E-state index is 4.14. The van der Waals surface area contributed by atoms with Crippen molar-refractivity contribution in [3.05, 3.63) is 19.6 Å². The molecular formula is C6H8NTe. The van der Waals surface area contributed by atoms with Gasteiger partial charge in [0.1, 0.15) is 0 Å². The molecule has 43 valence electrons. The Labute approximate surface area is 59.9 Å². The van der Waals surface area contributed by atoms with Crippen molar-refractivity contribution in [3.8, 4) is 0 Å². The van der Waals surface area contributed by atoms with E-state index in [9.17, 15) is 0 Å². The van der Waals surface area contributed by atoms with E-state index in [1.54, 1.807) is 0 Å². The van der Waals surface area contributed by atoms with Crippen LogP contribution in [-0.2, 0) is 0 Å². The molecule has 0 aliphatic carbocycles. The second-order valence-corrected chi connectivity index (χ2v) is 4.87. The van der Waals surface area contributed by atoms with Gasteiger partial charge in [-0.15, -0.1) is 0 Å². The average molecular weight is 222 g/mol. The molecule has 0 unspecified atom stereocenters. The Morgan fingerprint density at radius 2 is 2.25 bits per heavy atom. The van der Waals surface area contributed by atoms with Gasteiger partial charge in [-0.05, 0) is 0 Å². The van der Waals surface area contributed by atoms with Crippen molar-refractivity contribution in [1.82, 2.24) is 5.32 Å². The van der Waals surface area contributed by atoms with Crippen LogP contribution in [0.25, 0.3) is 0 Å². The number of allylic oxidation sites excluding steroid dienone is 2. The molecule has 0 bridgehead atoms. The topological polar surface area (TPSA) is 14.1 Å². The zero-order valence-corrected chi connectivity index (χ0v) is 7.34. The molecule has 0 aromatic rings. The fraction of sp³-hybridized carbons (Fsp3) is 0.333. The Hall–Kier alpha value is 0.0696. The summed E-state index contributed by atoms with van der Waals surface area (Å²) in [7, 11) is 0. The number of nitrogens with zero attached hydrogens (tertiary/aromatic N) is 1. The quantitative estimate of drug-likeness (QED) is 0.543. The van der Waals surface area contributed by atoms with Gasteiger partial charge in [0.25, 0.3) is 0 Å². The molecule has 0 aromatic carbocycles. The molecular weight excluding hydrogens is 214 g/mol. The van der Waals surface area contributed by atoms with E-state index in [0.29, 0.717) is 0 Å². The molecule has 0 N–H and O–H groups in total. The number of hydrogen-bond donors (Lipinski definition) is 0. The normalized spacial score (nSPS) is 18.8. The van der Waals surface area contributed by atoms with Crippen LogP contribution in [0.3, 0.4) is 0 Å². The van der Waals surface area contributed by atoms with Gasteiger partial charge in [0.05, 0.1) is 0 Å². The first-order valence-corrected chi connectivity index (χ1v) is 5.02.